The molecule has 0 saturated carbocycles. The van der Waals surface area contributed by atoms with E-state index in [1.165, 1.54) is 5.56 Å². The normalized spacial score (nSPS) is 20.5. The lowest BCUT2D eigenvalue weighted by atomic mass is 10.0. The first-order valence-electron chi connectivity index (χ1n) is 8.91. The summed E-state index contributed by atoms with van der Waals surface area (Å²) in [5.74, 6) is 1.89. The van der Waals surface area contributed by atoms with Crippen LogP contribution in [-0.4, -0.2) is 57.3 Å². The highest BCUT2D eigenvalue weighted by Gasteiger charge is 2.30. The maximum absolute atomic E-state index is 12.8. The van der Waals surface area contributed by atoms with Gasteiger partial charge in [-0.25, -0.2) is 4.79 Å². The summed E-state index contributed by atoms with van der Waals surface area (Å²) in [6.45, 7) is 3.84. The molecule has 0 aliphatic carbocycles. The first-order chi connectivity index (χ1) is 12.2. The van der Waals surface area contributed by atoms with E-state index in [0.717, 1.165) is 50.7 Å². The Balaban J connectivity index is 1.45. The lowest BCUT2D eigenvalue weighted by Crippen LogP contribution is -2.52. The number of nitrogens with one attached hydrogen (secondary N) is 1. The van der Waals surface area contributed by atoms with E-state index in [4.69, 9.17) is 0 Å². The van der Waals surface area contributed by atoms with Crippen molar-refractivity contribution < 1.29 is 4.79 Å². The molecular weight excluding hydrogens is 316 g/mol. The van der Waals surface area contributed by atoms with Crippen LogP contribution in [-0.2, 0) is 19.5 Å². The number of benzene rings is 1. The van der Waals surface area contributed by atoms with Gasteiger partial charge in [-0.3, -0.25) is 0 Å². The Bertz CT molecular complexity index is 743. The van der Waals surface area contributed by atoms with Gasteiger partial charge < -0.3 is 19.7 Å². The van der Waals surface area contributed by atoms with Crippen molar-refractivity contribution in [1.82, 2.24) is 29.9 Å². The van der Waals surface area contributed by atoms with Crippen LogP contribution in [0.15, 0.2) is 30.3 Å². The summed E-state index contributed by atoms with van der Waals surface area (Å²) in [7, 11) is 2.10. The molecule has 0 unspecified atom stereocenters. The minimum Gasteiger partial charge on any atom is -0.331 e. The Kier molecular flexibility index (Phi) is 4.40. The maximum Gasteiger partial charge on any atom is 0.318 e. The van der Waals surface area contributed by atoms with Gasteiger partial charge in [0.05, 0.1) is 12.6 Å². The van der Waals surface area contributed by atoms with Crippen LogP contribution in [0.4, 0.5) is 4.79 Å². The van der Waals surface area contributed by atoms with E-state index in [0.29, 0.717) is 6.54 Å². The Morgan fingerprint density at radius 1 is 1.20 bits per heavy atom. The molecule has 1 aromatic carbocycles. The van der Waals surface area contributed by atoms with E-state index in [1.807, 2.05) is 23.1 Å². The molecule has 0 bridgehead atoms. The zero-order chi connectivity index (χ0) is 17.2. The highest BCUT2D eigenvalue weighted by atomic mass is 16.2. The van der Waals surface area contributed by atoms with Gasteiger partial charge in [0.2, 0.25) is 0 Å². The summed E-state index contributed by atoms with van der Waals surface area (Å²) in [5.41, 5.74) is 1.17. The highest BCUT2D eigenvalue weighted by Crippen LogP contribution is 2.25. The molecule has 4 rings (SSSR count). The predicted octanol–water partition coefficient (Wildman–Crippen LogP) is 1.42. The molecule has 7 heteroatoms. The molecule has 2 aromatic rings. The first kappa shape index (κ1) is 16.1. The van der Waals surface area contributed by atoms with Gasteiger partial charge in [-0.2, -0.15) is 0 Å². The van der Waals surface area contributed by atoms with Crippen molar-refractivity contribution in [1.29, 1.82) is 0 Å². The van der Waals surface area contributed by atoms with Crippen molar-refractivity contribution in [3.63, 3.8) is 0 Å². The Labute approximate surface area is 147 Å². The van der Waals surface area contributed by atoms with Crippen LogP contribution in [0.2, 0.25) is 0 Å². The summed E-state index contributed by atoms with van der Waals surface area (Å²) in [5, 5.41) is 11.5. The lowest BCUT2D eigenvalue weighted by Gasteiger charge is -2.40. The average Bonchev–Trinajstić information content (AvgIpc) is 3.24. The van der Waals surface area contributed by atoms with Gasteiger partial charge in [0.25, 0.3) is 0 Å². The second kappa shape index (κ2) is 6.84. The van der Waals surface area contributed by atoms with Crippen molar-refractivity contribution in [2.24, 2.45) is 0 Å². The standard InChI is InChI=1S/C18H24N6O/c1-22-10-11-23(15(13-22)14-6-3-2-4-7-14)18(25)19-12-17-21-20-16-8-5-9-24(16)17/h2-4,6-7,15H,5,8-13H2,1H3,(H,19,25)/t15-/m0/s1. The minimum atomic E-state index is -0.0303. The van der Waals surface area contributed by atoms with Crippen LogP contribution in [0.1, 0.15) is 29.7 Å². The van der Waals surface area contributed by atoms with Gasteiger partial charge in [0, 0.05) is 32.6 Å². The lowest BCUT2D eigenvalue weighted by molar-refractivity contribution is 0.108. The topological polar surface area (TPSA) is 66.3 Å². The van der Waals surface area contributed by atoms with Gasteiger partial charge in [-0.1, -0.05) is 30.3 Å². The number of hydrogen-bond acceptors (Lipinski definition) is 4. The van der Waals surface area contributed by atoms with Crippen molar-refractivity contribution in [3.8, 4) is 0 Å². The highest BCUT2D eigenvalue weighted by molar-refractivity contribution is 5.75. The van der Waals surface area contributed by atoms with Crippen molar-refractivity contribution in [3.05, 3.63) is 47.5 Å². The Hall–Kier alpha value is -2.41. The van der Waals surface area contributed by atoms with Gasteiger partial charge in [-0.05, 0) is 19.0 Å². The number of amides is 2. The molecular formula is C18H24N6O. The Morgan fingerprint density at radius 3 is 2.88 bits per heavy atom. The summed E-state index contributed by atoms with van der Waals surface area (Å²) in [4.78, 5) is 17.0. The third-order valence-corrected chi connectivity index (χ3v) is 5.11. The quantitative estimate of drug-likeness (QED) is 0.918. The van der Waals surface area contributed by atoms with E-state index >= 15 is 0 Å². The minimum absolute atomic E-state index is 0.0303. The number of aryl methyl sites for hydroxylation is 1. The van der Waals surface area contributed by atoms with Crippen LogP contribution >= 0.6 is 0 Å². The molecule has 1 atom stereocenters. The van der Waals surface area contributed by atoms with Crippen LogP contribution < -0.4 is 5.32 Å². The summed E-state index contributed by atoms with van der Waals surface area (Å²) in [6.07, 6.45) is 2.09. The number of rotatable bonds is 3. The molecule has 0 spiro atoms. The number of hydrogen-bond donors (Lipinski definition) is 1. The smallest absolute Gasteiger partial charge is 0.318 e. The molecule has 1 saturated heterocycles. The number of fused-ring (bicyclic) bond motifs is 1. The van der Waals surface area contributed by atoms with Crippen LogP contribution in [0, 0.1) is 0 Å². The van der Waals surface area contributed by atoms with E-state index in [9.17, 15) is 4.79 Å². The molecule has 1 fully saturated rings. The third kappa shape index (κ3) is 3.24. The molecule has 2 amide bonds. The summed E-state index contributed by atoms with van der Waals surface area (Å²) >= 11 is 0. The molecule has 2 aliphatic heterocycles. The predicted molar refractivity (Wildman–Crippen MR) is 94.0 cm³/mol. The van der Waals surface area contributed by atoms with E-state index in [1.54, 1.807) is 0 Å². The van der Waals surface area contributed by atoms with Gasteiger partial charge in [0.15, 0.2) is 5.82 Å². The fourth-order valence-electron chi connectivity index (χ4n) is 3.72. The number of carbonyl (C=O) groups is 1. The molecule has 132 valence electrons. The van der Waals surface area contributed by atoms with E-state index in [2.05, 4.69) is 44.2 Å². The molecule has 1 N–H and O–H groups in total. The molecule has 1 aromatic heterocycles. The van der Waals surface area contributed by atoms with Crippen molar-refractivity contribution >= 4 is 6.03 Å². The van der Waals surface area contributed by atoms with E-state index < -0.39 is 0 Å². The fraction of sp³-hybridized carbons (Fsp3) is 0.500. The van der Waals surface area contributed by atoms with Crippen molar-refractivity contribution in [2.75, 3.05) is 26.7 Å². The monoisotopic (exact) mass is 340 g/mol. The summed E-state index contributed by atoms with van der Waals surface area (Å²) in [6, 6.07) is 10.3. The van der Waals surface area contributed by atoms with Gasteiger partial charge >= 0.3 is 6.03 Å². The largest absolute Gasteiger partial charge is 0.331 e. The van der Waals surface area contributed by atoms with Crippen LogP contribution in [0.25, 0.3) is 0 Å². The maximum atomic E-state index is 12.8. The van der Waals surface area contributed by atoms with Gasteiger partial charge in [-0.15, -0.1) is 10.2 Å². The average molecular weight is 340 g/mol. The molecule has 25 heavy (non-hydrogen) atoms. The molecule has 0 radical (unpaired) electrons. The second-order valence-corrected chi connectivity index (χ2v) is 6.83. The number of piperazine rings is 1. The molecule has 2 aliphatic rings. The van der Waals surface area contributed by atoms with Crippen LogP contribution in [0.5, 0.6) is 0 Å². The van der Waals surface area contributed by atoms with Gasteiger partial charge in [0.1, 0.15) is 5.82 Å². The number of likely N-dealkylation sites (N-methyl/N-ethyl adjacent to an activating group) is 1. The zero-order valence-corrected chi connectivity index (χ0v) is 14.6. The number of carbonyl (C=O) groups excluding carboxylic acids is 1. The van der Waals surface area contributed by atoms with Crippen LogP contribution in [0.3, 0.4) is 0 Å². The fourth-order valence-corrected chi connectivity index (χ4v) is 3.72. The second-order valence-electron chi connectivity index (χ2n) is 6.83. The number of aromatic nitrogens is 3. The SMILES string of the molecule is CN1CCN(C(=O)NCc2nnc3n2CCC3)[C@H](c2ccccc2)C1. The number of nitrogens with zero attached hydrogens (tertiary/aromatic N) is 5. The Morgan fingerprint density at radius 2 is 2.04 bits per heavy atom. The third-order valence-electron chi connectivity index (χ3n) is 5.11. The summed E-state index contributed by atoms with van der Waals surface area (Å²) < 4.78 is 2.12. The van der Waals surface area contributed by atoms with Crippen molar-refractivity contribution in [2.45, 2.75) is 32.0 Å². The first-order valence-corrected chi connectivity index (χ1v) is 8.91. The molecule has 3 heterocycles. The van der Waals surface area contributed by atoms with E-state index in [-0.39, 0.29) is 12.1 Å². The zero-order valence-electron chi connectivity index (χ0n) is 14.6. The molecule has 7 nitrogen and oxygen atoms in total. The number of urea groups is 1.